The molecule has 0 radical (unpaired) electrons. The fraction of sp³-hybridized carbons (Fsp3) is 0.619. The minimum Gasteiger partial charge on any atom is -0.341 e. The van der Waals surface area contributed by atoms with E-state index in [1.165, 1.54) is 5.56 Å². The highest BCUT2D eigenvalue weighted by Gasteiger charge is 2.40. The van der Waals surface area contributed by atoms with Crippen LogP contribution in [0, 0.1) is 5.41 Å². The zero-order chi connectivity index (χ0) is 18.7. The van der Waals surface area contributed by atoms with Crippen molar-refractivity contribution in [1.82, 2.24) is 9.80 Å². The van der Waals surface area contributed by atoms with Crippen molar-refractivity contribution in [3.8, 4) is 0 Å². The molecule has 2 aliphatic heterocycles. The minimum absolute atomic E-state index is 0.177. The molecule has 142 valence electrons. The van der Waals surface area contributed by atoms with Crippen LogP contribution in [0.4, 0.5) is 5.69 Å². The largest absolute Gasteiger partial charge is 0.341 e. The molecule has 1 aromatic rings. The molecule has 0 N–H and O–H groups in total. The zero-order valence-electron chi connectivity index (χ0n) is 16.3. The van der Waals surface area contributed by atoms with Gasteiger partial charge >= 0.3 is 0 Å². The molecule has 2 amide bonds. The van der Waals surface area contributed by atoms with Crippen molar-refractivity contribution in [2.75, 3.05) is 45.2 Å². The molecule has 0 bridgehead atoms. The number of rotatable bonds is 7. The second-order valence-corrected chi connectivity index (χ2v) is 8.39. The molecule has 1 saturated heterocycles. The van der Waals surface area contributed by atoms with Crippen molar-refractivity contribution < 1.29 is 9.59 Å². The van der Waals surface area contributed by atoms with Crippen LogP contribution in [-0.2, 0) is 16.0 Å². The first-order valence-corrected chi connectivity index (χ1v) is 9.69. The van der Waals surface area contributed by atoms with Crippen LogP contribution in [0.1, 0.15) is 38.2 Å². The normalized spacial score (nSPS) is 18.7. The fourth-order valence-corrected chi connectivity index (χ4v) is 3.99. The number of para-hydroxylation sites is 1. The first-order valence-electron chi connectivity index (χ1n) is 9.69. The molecule has 0 spiro atoms. The van der Waals surface area contributed by atoms with Crippen LogP contribution >= 0.6 is 0 Å². The number of fused-ring (bicyclic) bond motifs is 1. The average Bonchev–Trinajstić information content (AvgIpc) is 2.59. The summed E-state index contributed by atoms with van der Waals surface area (Å²) in [6.45, 7) is 5.70. The first-order chi connectivity index (χ1) is 12.4. The van der Waals surface area contributed by atoms with Crippen LogP contribution in [0.2, 0.25) is 0 Å². The highest BCUT2D eigenvalue weighted by Crippen LogP contribution is 2.34. The number of anilines is 1. The summed E-state index contributed by atoms with van der Waals surface area (Å²) in [5.74, 6) is 0.404. The number of carbonyl (C=O) groups excluding carboxylic acids is 2. The Morgan fingerprint density at radius 1 is 1.19 bits per heavy atom. The third-order valence-electron chi connectivity index (χ3n) is 5.62. The summed E-state index contributed by atoms with van der Waals surface area (Å²) >= 11 is 0. The van der Waals surface area contributed by atoms with Gasteiger partial charge in [-0.1, -0.05) is 25.1 Å². The molecule has 26 heavy (non-hydrogen) atoms. The van der Waals surface area contributed by atoms with Gasteiger partial charge in [-0.3, -0.25) is 9.59 Å². The Morgan fingerprint density at radius 3 is 2.65 bits per heavy atom. The Hall–Kier alpha value is -1.88. The second kappa shape index (κ2) is 7.78. The van der Waals surface area contributed by atoms with E-state index in [0.29, 0.717) is 19.4 Å². The van der Waals surface area contributed by atoms with Crippen LogP contribution in [0.5, 0.6) is 0 Å². The van der Waals surface area contributed by atoms with Crippen molar-refractivity contribution in [2.24, 2.45) is 5.41 Å². The van der Waals surface area contributed by atoms with Gasteiger partial charge in [-0.2, -0.15) is 0 Å². The van der Waals surface area contributed by atoms with Crippen molar-refractivity contribution in [2.45, 2.75) is 39.0 Å². The van der Waals surface area contributed by atoms with E-state index in [4.69, 9.17) is 0 Å². The molecule has 2 aliphatic rings. The van der Waals surface area contributed by atoms with Crippen LogP contribution in [0.3, 0.4) is 0 Å². The Kier molecular flexibility index (Phi) is 5.66. The number of likely N-dealkylation sites (tertiary alicyclic amines) is 1. The number of hydrogen-bond acceptors (Lipinski definition) is 3. The molecule has 0 aliphatic carbocycles. The summed E-state index contributed by atoms with van der Waals surface area (Å²) in [6.07, 6.45) is 3.77. The minimum atomic E-state index is 0.177. The molecule has 0 aromatic heterocycles. The van der Waals surface area contributed by atoms with Crippen LogP contribution in [0.25, 0.3) is 0 Å². The van der Waals surface area contributed by atoms with E-state index in [-0.39, 0.29) is 17.2 Å². The summed E-state index contributed by atoms with van der Waals surface area (Å²) in [5, 5.41) is 0. The van der Waals surface area contributed by atoms with Gasteiger partial charge in [0.05, 0.1) is 0 Å². The predicted molar refractivity (Wildman–Crippen MR) is 104 cm³/mol. The van der Waals surface area contributed by atoms with Gasteiger partial charge in [0, 0.05) is 43.6 Å². The maximum absolute atomic E-state index is 12.4. The lowest BCUT2D eigenvalue weighted by Crippen LogP contribution is -2.57. The molecular weight excluding hydrogens is 326 g/mol. The highest BCUT2D eigenvalue weighted by atomic mass is 16.2. The molecule has 1 aromatic carbocycles. The van der Waals surface area contributed by atoms with Gasteiger partial charge in [0.2, 0.25) is 11.8 Å². The van der Waals surface area contributed by atoms with E-state index in [1.807, 2.05) is 28.0 Å². The van der Waals surface area contributed by atoms with E-state index in [9.17, 15) is 9.59 Å². The van der Waals surface area contributed by atoms with Crippen molar-refractivity contribution in [1.29, 1.82) is 0 Å². The third-order valence-corrected chi connectivity index (χ3v) is 5.62. The van der Waals surface area contributed by atoms with Gasteiger partial charge in [0.15, 0.2) is 0 Å². The number of aryl methyl sites for hydroxylation is 1. The Balaban J connectivity index is 1.44. The van der Waals surface area contributed by atoms with Crippen molar-refractivity contribution in [3.63, 3.8) is 0 Å². The monoisotopic (exact) mass is 357 g/mol. The van der Waals surface area contributed by atoms with Crippen LogP contribution in [0.15, 0.2) is 24.3 Å². The standard InChI is InChI=1S/C21H31N3O2/c1-21(12-14-22(2)3)15-23(16-21)19(25)9-6-13-24-18-8-5-4-7-17(18)10-11-20(24)26/h4-5,7-8H,6,9-16H2,1-3H3. The van der Waals surface area contributed by atoms with Gasteiger partial charge in [-0.15, -0.1) is 0 Å². The maximum atomic E-state index is 12.4. The molecule has 0 saturated carbocycles. The molecule has 1 fully saturated rings. The summed E-state index contributed by atoms with van der Waals surface area (Å²) in [5.41, 5.74) is 2.52. The van der Waals surface area contributed by atoms with E-state index in [0.717, 1.165) is 44.6 Å². The van der Waals surface area contributed by atoms with Gasteiger partial charge < -0.3 is 14.7 Å². The van der Waals surface area contributed by atoms with Gasteiger partial charge in [-0.05, 0) is 51.5 Å². The number of benzene rings is 1. The summed E-state index contributed by atoms with van der Waals surface area (Å²) in [4.78, 5) is 30.7. The Bertz CT molecular complexity index is 665. The quantitative estimate of drug-likeness (QED) is 0.753. The SMILES string of the molecule is CN(C)CCC1(C)CN(C(=O)CCCN2C(=O)CCc3ccccc32)C1. The number of carbonyl (C=O) groups is 2. The second-order valence-electron chi connectivity index (χ2n) is 8.39. The van der Waals surface area contributed by atoms with Gasteiger partial charge in [0.25, 0.3) is 0 Å². The lowest BCUT2D eigenvalue weighted by molar-refractivity contribution is -0.143. The van der Waals surface area contributed by atoms with E-state index in [1.54, 1.807) is 0 Å². The average molecular weight is 357 g/mol. The summed E-state index contributed by atoms with van der Waals surface area (Å²) < 4.78 is 0. The number of hydrogen-bond donors (Lipinski definition) is 0. The Morgan fingerprint density at radius 2 is 1.92 bits per heavy atom. The molecule has 3 rings (SSSR count). The van der Waals surface area contributed by atoms with E-state index < -0.39 is 0 Å². The maximum Gasteiger partial charge on any atom is 0.227 e. The smallest absolute Gasteiger partial charge is 0.227 e. The lowest BCUT2D eigenvalue weighted by atomic mass is 9.78. The van der Waals surface area contributed by atoms with E-state index in [2.05, 4.69) is 32.0 Å². The molecule has 5 nitrogen and oxygen atoms in total. The molecule has 2 heterocycles. The predicted octanol–water partition coefficient (Wildman–Crippen LogP) is 2.55. The third kappa shape index (κ3) is 4.26. The Labute approximate surface area is 156 Å². The topological polar surface area (TPSA) is 43.9 Å². The fourth-order valence-electron chi connectivity index (χ4n) is 3.99. The van der Waals surface area contributed by atoms with Gasteiger partial charge in [-0.25, -0.2) is 0 Å². The summed E-state index contributed by atoms with van der Waals surface area (Å²) in [6, 6.07) is 8.10. The summed E-state index contributed by atoms with van der Waals surface area (Å²) in [7, 11) is 4.18. The highest BCUT2D eigenvalue weighted by molar-refractivity contribution is 5.96. The number of nitrogens with zero attached hydrogens (tertiary/aromatic N) is 3. The molecule has 5 heteroatoms. The molecule has 0 unspecified atom stereocenters. The molecular formula is C21H31N3O2. The number of amides is 2. The lowest BCUT2D eigenvalue weighted by Gasteiger charge is -2.48. The zero-order valence-corrected chi connectivity index (χ0v) is 16.3. The van der Waals surface area contributed by atoms with Gasteiger partial charge in [0.1, 0.15) is 0 Å². The van der Waals surface area contributed by atoms with Crippen molar-refractivity contribution in [3.05, 3.63) is 29.8 Å². The first kappa shape index (κ1) is 18.9. The van der Waals surface area contributed by atoms with Crippen LogP contribution in [-0.4, -0.2) is 61.9 Å². The molecule has 0 atom stereocenters. The van der Waals surface area contributed by atoms with Crippen molar-refractivity contribution >= 4 is 17.5 Å². The van der Waals surface area contributed by atoms with Crippen LogP contribution < -0.4 is 4.90 Å². The van der Waals surface area contributed by atoms with E-state index >= 15 is 0 Å².